The summed E-state index contributed by atoms with van der Waals surface area (Å²) in [5.74, 6) is 0.595. The Hall–Kier alpha value is -3.12. The van der Waals surface area contributed by atoms with Crippen molar-refractivity contribution in [2.24, 2.45) is 0 Å². The summed E-state index contributed by atoms with van der Waals surface area (Å²) in [5, 5.41) is 1.23. The highest BCUT2D eigenvalue weighted by Crippen LogP contribution is 2.48. The zero-order chi connectivity index (χ0) is 19.9. The van der Waals surface area contributed by atoms with Gasteiger partial charge in [-0.25, -0.2) is 12.8 Å². The van der Waals surface area contributed by atoms with E-state index in [9.17, 15) is 12.8 Å². The van der Waals surface area contributed by atoms with Crippen molar-refractivity contribution in [1.82, 2.24) is 0 Å². The van der Waals surface area contributed by atoms with Gasteiger partial charge in [0.2, 0.25) is 0 Å². The van der Waals surface area contributed by atoms with Gasteiger partial charge >= 0.3 is 0 Å². The summed E-state index contributed by atoms with van der Waals surface area (Å²) >= 11 is 0. The van der Waals surface area contributed by atoms with Crippen molar-refractivity contribution < 1.29 is 22.3 Å². The van der Waals surface area contributed by atoms with Gasteiger partial charge in [-0.2, -0.15) is 0 Å². The summed E-state index contributed by atoms with van der Waals surface area (Å²) in [7, 11) is -0.693. The molecule has 0 aromatic heterocycles. The van der Waals surface area contributed by atoms with E-state index < -0.39 is 15.7 Å². The van der Waals surface area contributed by atoms with Crippen molar-refractivity contribution in [1.29, 1.82) is 0 Å². The molecule has 0 atom stereocenters. The van der Waals surface area contributed by atoms with E-state index >= 15 is 0 Å². The summed E-state index contributed by atoms with van der Waals surface area (Å²) < 4.78 is 49.9. The first kappa shape index (κ1) is 18.3. The molecule has 0 saturated heterocycles. The van der Waals surface area contributed by atoms with E-state index in [1.165, 1.54) is 24.7 Å². The van der Waals surface area contributed by atoms with Gasteiger partial charge in [-0.05, 0) is 58.7 Å². The Labute approximate surface area is 162 Å². The molecule has 0 radical (unpaired) electrons. The molecule has 0 N–H and O–H groups in total. The fourth-order valence-corrected chi connectivity index (χ4v) is 4.61. The maximum atomic E-state index is 13.2. The Bertz CT molecular complexity index is 1200. The summed E-state index contributed by atoms with van der Waals surface area (Å²) in [4.78, 5) is 0.0350. The van der Waals surface area contributed by atoms with Gasteiger partial charge in [0.15, 0.2) is 21.3 Å². The quantitative estimate of drug-likeness (QED) is 0.470. The molecule has 6 heteroatoms. The summed E-state index contributed by atoms with van der Waals surface area (Å²) in [5.41, 5.74) is 3.90. The molecule has 3 aromatic rings. The lowest BCUT2D eigenvalue weighted by molar-refractivity contribution is 0.355. The molecule has 0 unspecified atom stereocenters. The summed E-state index contributed by atoms with van der Waals surface area (Å²) in [6.45, 7) is 0. The van der Waals surface area contributed by atoms with Crippen LogP contribution in [0.1, 0.15) is 11.1 Å². The van der Waals surface area contributed by atoms with Crippen LogP contribution < -0.4 is 9.47 Å². The number of hydrogen-bond acceptors (Lipinski definition) is 4. The smallest absolute Gasteiger partial charge is 0.200 e. The van der Waals surface area contributed by atoms with Gasteiger partial charge in [-0.1, -0.05) is 24.3 Å². The molecule has 0 spiro atoms. The first-order valence-corrected chi connectivity index (χ1v) is 10.1. The van der Waals surface area contributed by atoms with Crippen molar-refractivity contribution in [2.45, 2.75) is 4.90 Å². The number of hydrogen-bond donors (Lipinski definition) is 0. The first-order chi connectivity index (χ1) is 13.4. The van der Waals surface area contributed by atoms with Crippen molar-refractivity contribution in [3.8, 4) is 22.6 Å². The molecule has 0 saturated carbocycles. The molecular formula is C22H17FO4S. The number of benzene rings is 3. The zero-order valence-corrected chi connectivity index (χ0v) is 16.1. The number of methoxy groups -OCH3 is 2. The van der Waals surface area contributed by atoms with Crippen LogP contribution in [0.3, 0.4) is 0 Å². The average Bonchev–Trinajstić information content (AvgIpc) is 3.00. The highest BCUT2D eigenvalue weighted by Gasteiger charge is 2.27. The number of rotatable bonds is 4. The fourth-order valence-electron chi connectivity index (χ4n) is 3.40. The minimum absolute atomic E-state index is 0.0350. The van der Waals surface area contributed by atoms with Crippen molar-refractivity contribution >= 4 is 15.4 Å². The van der Waals surface area contributed by atoms with Gasteiger partial charge in [-0.15, -0.1) is 0 Å². The van der Waals surface area contributed by atoms with Crippen LogP contribution in [0.5, 0.6) is 11.5 Å². The Balaban J connectivity index is 1.95. The topological polar surface area (TPSA) is 52.6 Å². The molecule has 1 aliphatic carbocycles. The first-order valence-electron chi connectivity index (χ1n) is 8.53. The van der Waals surface area contributed by atoms with Gasteiger partial charge in [-0.3, -0.25) is 0 Å². The maximum Gasteiger partial charge on any atom is 0.200 e. The highest BCUT2D eigenvalue weighted by atomic mass is 32.2. The van der Waals surface area contributed by atoms with E-state index in [1.54, 1.807) is 13.2 Å². The Morgan fingerprint density at radius 3 is 1.96 bits per heavy atom. The van der Waals surface area contributed by atoms with Gasteiger partial charge in [0.1, 0.15) is 5.82 Å². The molecule has 0 amide bonds. The van der Waals surface area contributed by atoms with E-state index in [0.717, 1.165) is 34.4 Å². The van der Waals surface area contributed by atoms with E-state index in [-0.39, 0.29) is 4.90 Å². The normalized spacial score (nSPS) is 13.9. The van der Waals surface area contributed by atoms with Crippen LogP contribution in [0.2, 0.25) is 0 Å². The van der Waals surface area contributed by atoms with Crippen LogP contribution in [0.15, 0.2) is 71.0 Å². The molecule has 4 nitrogen and oxygen atoms in total. The van der Waals surface area contributed by atoms with Crippen molar-refractivity contribution in [3.63, 3.8) is 0 Å². The third kappa shape index (κ3) is 2.96. The second-order valence-electron chi connectivity index (χ2n) is 6.33. The lowest BCUT2D eigenvalue weighted by Crippen LogP contribution is -1.99. The molecule has 0 fully saturated rings. The fraction of sp³-hybridized carbons (Fsp3) is 0.0909. The molecule has 0 aliphatic heterocycles. The van der Waals surface area contributed by atoms with Gasteiger partial charge in [0.05, 0.1) is 19.1 Å². The van der Waals surface area contributed by atoms with Crippen molar-refractivity contribution in [3.05, 3.63) is 83.0 Å². The standard InChI is InChI=1S/C22H17FO4S/c1-26-21-11-18-16-5-3-4-6-17(16)20(19(18)12-22(21)27-2)13-28(24,25)15-9-7-14(23)8-10-15/h3-13H,1-2H3/b20-13-. The summed E-state index contributed by atoms with van der Waals surface area (Å²) in [6.07, 6.45) is 0. The molecule has 0 heterocycles. The largest absolute Gasteiger partial charge is 0.493 e. The molecular weight excluding hydrogens is 379 g/mol. The van der Waals surface area contributed by atoms with E-state index in [0.29, 0.717) is 17.1 Å². The second-order valence-corrected chi connectivity index (χ2v) is 8.13. The Morgan fingerprint density at radius 2 is 1.36 bits per heavy atom. The van der Waals surface area contributed by atoms with E-state index in [4.69, 9.17) is 9.47 Å². The number of fused-ring (bicyclic) bond motifs is 3. The zero-order valence-electron chi connectivity index (χ0n) is 15.3. The molecule has 3 aromatic carbocycles. The molecule has 0 bridgehead atoms. The molecule has 142 valence electrons. The van der Waals surface area contributed by atoms with Crippen LogP contribution in [-0.4, -0.2) is 22.6 Å². The molecule has 1 aliphatic rings. The minimum atomic E-state index is -3.78. The molecule has 4 rings (SSSR count). The summed E-state index contributed by atoms with van der Waals surface area (Å²) in [6, 6.07) is 16.0. The number of halogens is 1. The Morgan fingerprint density at radius 1 is 0.786 bits per heavy atom. The highest BCUT2D eigenvalue weighted by molar-refractivity contribution is 7.94. The van der Waals surface area contributed by atoms with Gasteiger partial charge in [0.25, 0.3) is 0 Å². The Kier molecular flexibility index (Phi) is 4.43. The minimum Gasteiger partial charge on any atom is -0.493 e. The van der Waals surface area contributed by atoms with Crippen LogP contribution >= 0.6 is 0 Å². The lowest BCUT2D eigenvalue weighted by atomic mass is 10.0. The monoisotopic (exact) mass is 396 g/mol. The maximum absolute atomic E-state index is 13.2. The van der Waals surface area contributed by atoms with Crippen LogP contribution in [-0.2, 0) is 9.84 Å². The van der Waals surface area contributed by atoms with Crippen LogP contribution in [0, 0.1) is 5.82 Å². The predicted octanol–water partition coefficient (Wildman–Crippen LogP) is 4.69. The number of sulfone groups is 1. The second kappa shape index (κ2) is 6.80. The van der Waals surface area contributed by atoms with Gasteiger partial charge in [0, 0.05) is 11.0 Å². The SMILES string of the molecule is COc1cc2c(cc1OC)-c1ccccc1/C2=C/S(=O)(=O)c1ccc(F)cc1. The van der Waals surface area contributed by atoms with Gasteiger partial charge < -0.3 is 9.47 Å². The third-order valence-electron chi connectivity index (χ3n) is 4.74. The average molecular weight is 396 g/mol. The predicted molar refractivity (Wildman–Crippen MR) is 106 cm³/mol. The van der Waals surface area contributed by atoms with Crippen molar-refractivity contribution in [2.75, 3.05) is 14.2 Å². The van der Waals surface area contributed by atoms with E-state index in [2.05, 4.69) is 0 Å². The van der Waals surface area contributed by atoms with Crippen LogP contribution in [0.4, 0.5) is 4.39 Å². The number of ether oxygens (including phenoxy) is 2. The van der Waals surface area contributed by atoms with Crippen LogP contribution in [0.25, 0.3) is 16.7 Å². The third-order valence-corrected chi connectivity index (χ3v) is 6.21. The molecule has 28 heavy (non-hydrogen) atoms. The van der Waals surface area contributed by atoms with E-state index in [1.807, 2.05) is 30.3 Å². The lowest BCUT2D eigenvalue weighted by Gasteiger charge is -2.11.